The number of alkyl halides is 3. The van der Waals surface area contributed by atoms with Crippen molar-refractivity contribution in [1.29, 1.82) is 0 Å². The summed E-state index contributed by atoms with van der Waals surface area (Å²) in [6, 6.07) is 3.35. The van der Waals surface area contributed by atoms with Crippen LogP contribution in [0, 0.1) is 0 Å². The quantitative estimate of drug-likeness (QED) is 0.562. The minimum atomic E-state index is -4.56. The Morgan fingerprint density at radius 1 is 1.20 bits per heavy atom. The maximum Gasteiger partial charge on any atom is 0.416 e. The molecule has 0 aromatic heterocycles. The molecule has 0 saturated heterocycles. The summed E-state index contributed by atoms with van der Waals surface area (Å²) < 4.78 is 71.5. The number of nitrogens with zero attached hydrogens (tertiary/aromatic N) is 1. The van der Waals surface area contributed by atoms with Crippen LogP contribution in [0.3, 0.4) is 0 Å². The zero-order valence-electron chi connectivity index (χ0n) is 16.7. The molecule has 11 heteroatoms. The summed E-state index contributed by atoms with van der Waals surface area (Å²) in [5.41, 5.74) is -2.10. The van der Waals surface area contributed by atoms with Crippen molar-refractivity contribution in [3.05, 3.63) is 29.8 Å². The fourth-order valence-corrected chi connectivity index (χ4v) is 4.93. The van der Waals surface area contributed by atoms with Gasteiger partial charge in [0.1, 0.15) is 5.72 Å². The van der Waals surface area contributed by atoms with E-state index in [1.54, 1.807) is 0 Å². The van der Waals surface area contributed by atoms with Crippen LogP contribution in [0.15, 0.2) is 29.2 Å². The highest BCUT2D eigenvalue weighted by Gasteiger charge is 2.43. The van der Waals surface area contributed by atoms with Gasteiger partial charge in [-0.3, -0.25) is 4.79 Å². The van der Waals surface area contributed by atoms with Crippen molar-refractivity contribution >= 4 is 15.9 Å². The van der Waals surface area contributed by atoms with Crippen LogP contribution in [0.1, 0.15) is 44.1 Å². The molecule has 7 nitrogen and oxygen atoms in total. The molecule has 1 aliphatic rings. The predicted octanol–water partition coefficient (Wildman–Crippen LogP) is 2.50. The van der Waals surface area contributed by atoms with Crippen molar-refractivity contribution in [1.82, 2.24) is 9.62 Å². The summed E-state index contributed by atoms with van der Waals surface area (Å²) in [6.07, 6.45) is -1.36. The third-order valence-electron chi connectivity index (χ3n) is 5.18. The molecule has 2 rings (SSSR count). The molecule has 1 aromatic rings. The van der Waals surface area contributed by atoms with E-state index < -0.39 is 27.5 Å². The van der Waals surface area contributed by atoms with E-state index in [2.05, 4.69) is 5.32 Å². The lowest BCUT2D eigenvalue weighted by atomic mass is 9.91. The number of carbonyl (C=O) groups is 1. The summed E-state index contributed by atoms with van der Waals surface area (Å²) in [5.74, 6) is -0.330. The number of carbonyl (C=O) groups excluding carboxylic acids is 1. The number of aliphatic hydroxyl groups is 1. The second-order valence-corrected chi connectivity index (χ2v) is 9.14. The molecule has 1 fully saturated rings. The highest BCUT2D eigenvalue weighted by molar-refractivity contribution is 7.89. The SMILES string of the molecule is CN(C1(OCCC(=O)NCCO)CCCCC1)S(=O)(=O)c1ccc(C(F)(F)F)cc1. The zero-order chi connectivity index (χ0) is 22.4. The molecule has 1 amide bonds. The fourth-order valence-electron chi connectivity index (χ4n) is 3.46. The number of halogens is 3. The third kappa shape index (κ3) is 5.93. The van der Waals surface area contributed by atoms with Crippen LogP contribution in [0.2, 0.25) is 0 Å². The number of hydrogen-bond acceptors (Lipinski definition) is 5. The molecule has 0 unspecified atom stereocenters. The number of rotatable bonds is 9. The second kappa shape index (κ2) is 10.1. The Bertz CT molecular complexity index is 806. The first-order chi connectivity index (χ1) is 14.0. The van der Waals surface area contributed by atoms with Gasteiger partial charge < -0.3 is 15.2 Å². The Hall–Kier alpha value is -1.69. The molecular formula is C19H27F3N2O5S. The summed E-state index contributed by atoms with van der Waals surface area (Å²) in [6.45, 7) is -0.0963. The average Bonchev–Trinajstić information content (AvgIpc) is 2.71. The maximum atomic E-state index is 13.1. The maximum absolute atomic E-state index is 13.1. The minimum Gasteiger partial charge on any atom is -0.395 e. The van der Waals surface area contributed by atoms with Crippen molar-refractivity contribution in [2.45, 2.75) is 55.3 Å². The van der Waals surface area contributed by atoms with E-state index in [4.69, 9.17) is 9.84 Å². The van der Waals surface area contributed by atoms with Gasteiger partial charge in [-0.1, -0.05) is 6.42 Å². The molecule has 1 saturated carbocycles. The molecule has 2 N–H and O–H groups in total. The van der Waals surface area contributed by atoms with Gasteiger partial charge in [-0.2, -0.15) is 17.5 Å². The van der Waals surface area contributed by atoms with E-state index in [1.807, 2.05) is 0 Å². The standard InChI is InChI=1S/C19H27F3N2O5S/c1-24(30(27,28)16-7-5-15(6-8-16)19(20,21)22)18(10-3-2-4-11-18)29-14-9-17(26)23-12-13-25/h5-8,25H,2-4,9-14H2,1H3,(H,23,26). The van der Waals surface area contributed by atoms with Gasteiger partial charge in [-0.15, -0.1) is 0 Å². The van der Waals surface area contributed by atoms with Crippen LogP contribution in [-0.2, 0) is 25.7 Å². The summed E-state index contributed by atoms with van der Waals surface area (Å²) in [5, 5.41) is 11.2. The van der Waals surface area contributed by atoms with Gasteiger partial charge in [-0.25, -0.2) is 8.42 Å². The molecular weight excluding hydrogens is 425 g/mol. The normalized spacial score (nSPS) is 17.1. The first-order valence-corrected chi connectivity index (χ1v) is 11.1. The fraction of sp³-hybridized carbons (Fsp3) is 0.632. The molecule has 0 radical (unpaired) electrons. The number of nitrogens with one attached hydrogen (secondary N) is 1. The van der Waals surface area contributed by atoms with Crippen molar-refractivity contribution < 1.29 is 36.2 Å². The Morgan fingerprint density at radius 3 is 2.33 bits per heavy atom. The lowest BCUT2D eigenvalue weighted by Gasteiger charge is -2.43. The molecule has 0 bridgehead atoms. The first-order valence-electron chi connectivity index (χ1n) is 9.71. The van der Waals surface area contributed by atoms with Crippen LogP contribution in [0.5, 0.6) is 0 Å². The van der Waals surface area contributed by atoms with E-state index >= 15 is 0 Å². The Labute approximate surface area is 174 Å². The van der Waals surface area contributed by atoms with Crippen molar-refractivity contribution in [3.8, 4) is 0 Å². The second-order valence-electron chi connectivity index (χ2n) is 7.17. The predicted molar refractivity (Wildman–Crippen MR) is 103 cm³/mol. The number of aliphatic hydroxyl groups excluding tert-OH is 1. The topological polar surface area (TPSA) is 95.9 Å². The number of sulfonamides is 1. The van der Waals surface area contributed by atoms with Crippen LogP contribution in [-0.4, -0.2) is 56.3 Å². The third-order valence-corrected chi connectivity index (χ3v) is 7.10. The molecule has 0 spiro atoms. The van der Waals surface area contributed by atoms with Gasteiger partial charge in [0.05, 0.1) is 30.1 Å². The first kappa shape index (κ1) is 24.6. The largest absolute Gasteiger partial charge is 0.416 e. The molecule has 30 heavy (non-hydrogen) atoms. The van der Waals surface area contributed by atoms with E-state index in [1.165, 1.54) is 7.05 Å². The average molecular weight is 452 g/mol. The monoisotopic (exact) mass is 452 g/mol. The zero-order valence-corrected chi connectivity index (χ0v) is 17.6. The van der Waals surface area contributed by atoms with Crippen molar-refractivity contribution in [2.75, 3.05) is 26.8 Å². The lowest BCUT2D eigenvalue weighted by Crippen LogP contribution is -2.53. The van der Waals surface area contributed by atoms with E-state index in [0.29, 0.717) is 12.8 Å². The van der Waals surface area contributed by atoms with Crippen LogP contribution >= 0.6 is 0 Å². The van der Waals surface area contributed by atoms with Crippen LogP contribution < -0.4 is 5.32 Å². The lowest BCUT2D eigenvalue weighted by molar-refractivity contribution is -0.142. The molecule has 170 valence electrons. The number of hydrogen-bond donors (Lipinski definition) is 2. The van der Waals surface area contributed by atoms with Gasteiger partial charge in [-0.05, 0) is 49.9 Å². The van der Waals surface area contributed by atoms with E-state index in [0.717, 1.165) is 47.8 Å². The summed E-state index contributed by atoms with van der Waals surface area (Å²) in [4.78, 5) is 11.5. The van der Waals surface area contributed by atoms with Gasteiger partial charge in [0.25, 0.3) is 0 Å². The number of benzene rings is 1. The molecule has 0 atom stereocenters. The summed E-state index contributed by atoms with van der Waals surface area (Å²) in [7, 11) is -2.77. The smallest absolute Gasteiger partial charge is 0.395 e. The van der Waals surface area contributed by atoms with E-state index in [9.17, 15) is 26.4 Å². The Balaban J connectivity index is 2.18. The highest BCUT2D eigenvalue weighted by atomic mass is 32.2. The van der Waals surface area contributed by atoms with Gasteiger partial charge in [0.2, 0.25) is 15.9 Å². The Morgan fingerprint density at radius 2 is 1.80 bits per heavy atom. The van der Waals surface area contributed by atoms with Crippen LogP contribution in [0.4, 0.5) is 13.2 Å². The van der Waals surface area contributed by atoms with Gasteiger partial charge in [0.15, 0.2) is 0 Å². The minimum absolute atomic E-state index is 0.00405. The van der Waals surface area contributed by atoms with Gasteiger partial charge >= 0.3 is 6.18 Å². The molecule has 1 aliphatic carbocycles. The molecule has 0 heterocycles. The summed E-state index contributed by atoms with van der Waals surface area (Å²) >= 11 is 0. The van der Waals surface area contributed by atoms with Gasteiger partial charge in [0, 0.05) is 13.6 Å². The van der Waals surface area contributed by atoms with Crippen LogP contribution in [0.25, 0.3) is 0 Å². The number of amides is 1. The molecule has 0 aliphatic heterocycles. The number of ether oxygens (including phenoxy) is 1. The van der Waals surface area contributed by atoms with Crippen molar-refractivity contribution in [2.24, 2.45) is 0 Å². The van der Waals surface area contributed by atoms with Crippen molar-refractivity contribution in [3.63, 3.8) is 0 Å². The van der Waals surface area contributed by atoms with E-state index in [-0.39, 0.29) is 37.0 Å². The highest BCUT2D eigenvalue weighted by Crippen LogP contribution is 2.38. The molecule has 1 aromatic carbocycles. The Kier molecular flexibility index (Phi) is 8.26.